The molecule has 0 aliphatic rings. The SMILES string of the molecule is Cc1cc(C)c(OCc2cccc(NN)n2)c(C)c1. The van der Waals surface area contributed by atoms with Gasteiger partial charge in [-0.05, 0) is 44.0 Å². The largest absolute Gasteiger partial charge is 0.487 e. The smallest absolute Gasteiger partial charge is 0.140 e. The molecule has 0 amide bonds. The fourth-order valence-corrected chi connectivity index (χ4v) is 2.18. The van der Waals surface area contributed by atoms with Crippen molar-refractivity contribution in [2.24, 2.45) is 5.84 Å². The summed E-state index contributed by atoms with van der Waals surface area (Å²) in [4.78, 5) is 4.32. The fourth-order valence-electron chi connectivity index (χ4n) is 2.18. The minimum Gasteiger partial charge on any atom is -0.487 e. The Morgan fingerprint density at radius 1 is 1.16 bits per heavy atom. The third-order valence-corrected chi connectivity index (χ3v) is 2.92. The molecule has 0 spiro atoms. The molecule has 1 aromatic carbocycles. The van der Waals surface area contributed by atoms with Crippen LogP contribution in [0.15, 0.2) is 30.3 Å². The van der Waals surface area contributed by atoms with Crippen LogP contribution in [-0.4, -0.2) is 4.98 Å². The van der Waals surface area contributed by atoms with Gasteiger partial charge in [0.05, 0.1) is 5.69 Å². The van der Waals surface area contributed by atoms with Gasteiger partial charge in [0.2, 0.25) is 0 Å². The Bertz CT molecular complexity index is 558. The lowest BCUT2D eigenvalue weighted by Gasteiger charge is -2.13. The van der Waals surface area contributed by atoms with E-state index < -0.39 is 0 Å². The molecule has 1 aromatic heterocycles. The molecule has 1 heterocycles. The minimum atomic E-state index is 0.431. The monoisotopic (exact) mass is 257 g/mol. The molecule has 100 valence electrons. The second-order valence-electron chi connectivity index (χ2n) is 4.68. The van der Waals surface area contributed by atoms with Gasteiger partial charge in [-0.1, -0.05) is 23.8 Å². The average molecular weight is 257 g/mol. The second kappa shape index (κ2) is 5.71. The normalized spacial score (nSPS) is 10.3. The van der Waals surface area contributed by atoms with Crippen molar-refractivity contribution in [1.82, 2.24) is 4.98 Å². The summed E-state index contributed by atoms with van der Waals surface area (Å²) in [6, 6.07) is 9.86. The summed E-state index contributed by atoms with van der Waals surface area (Å²) in [6.07, 6.45) is 0. The number of rotatable bonds is 4. The van der Waals surface area contributed by atoms with Crippen LogP contribution in [0.25, 0.3) is 0 Å². The molecule has 0 aliphatic heterocycles. The molecule has 2 aromatic rings. The Hall–Kier alpha value is -2.07. The zero-order valence-corrected chi connectivity index (χ0v) is 11.5. The van der Waals surface area contributed by atoms with Crippen molar-refractivity contribution >= 4 is 5.82 Å². The van der Waals surface area contributed by atoms with Crippen LogP contribution in [0.1, 0.15) is 22.4 Å². The number of pyridine rings is 1. The van der Waals surface area contributed by atoms with Crippen molar-refractivity contribution in [2.45, 2.75) is 27.4 Å². The van der Waals surface area contributed by atoms with Crippen LogP contribution in [0.4, 0.5) is 5.82 Å². The maximum Gasteiger partial charge on any atom is 0.140 e. The second-order valence-corrected chi connectivity index (χ2v) is 4.68. The van der Waals surface area contributed by atoms with E-state index in [0.717, 1.165) is 22.6 Å². The molecule has 0 bridgehead atoms. The molecule has 4 heteroatoms. The Morgan fingerprint density at radius 2 is 1.84 bits per heavy atom. The van der Waals surface area contributed by atoms with E-state index in [1.165, 1.54) is 5.56 Å². The Kier molecular flexibility index (Phi) is 4.02. The van der Waals surface area contributed by atoms with Gasteiger partial charge in [0, 0.05) is 0 Å². The van der Waals surface area contributed by atoms with E-state index in [-0.39, 0.29) is 0 Å². The van der Waals surface area contributed by atoms with E-state index in [1.807, 2.05) is 18.2 Å². The summed E-state index contributed by atoms with van der Waals surface area (Å²) in [5.41, 5.74) is 6.90. The molecule has 0 fully saturated rings. The highest BCUT2D eigenvalue weighted by Gasteiger charge is 2.06. The van der Waals surface area contributed by atoms with Crippen LogP contribution in [-0.2, 0) is 6.61 Å². The topological polar surface area (TPSA) is 60.2 Å². The summed E-state index contributed by atoms with van der Waals surface area (Å²) < 4.78 is 5.88. The highest BCUT2D eigenvalue weighted by atomic mass is 16.5. The number of nitrogens with zero attached hydrogens (tertiary/aromatic N) is 1. The van der Waals surface area contributed by atoms with Crippen molar-refractivity contribution in [1.29, 1.82) is 0 Å². The molecule has 2 rings (SSSR count). The summed E-state index contributed by atoms with van der Waals surface area (Å²) in [7, 11) is 0. The van der Waals surface area contributed by atoms with Gasteiger partial charge in [0.25, 0.3) is 0 Å². The van der Waals surface area contributed by atoms with Gasteiger partial charge in [0.1, 0.15) is 18.2 Å². The number of ether oxygens (including phenoxy) is 1. The van der Waals surface area contributed by atoms with Crippen molar-refractivity contribution < 1.29 is 4.74 Å². The average Bonchev–Trinajstić information content (AvgIpc) is 2.37. The molecular formula is C15H19N3O. The Balaban J connectivity index is 2.14. The van der Waals surface area contributed by atoms with Crippen molar-refractivity contribution in [3.63, 3.8) is 0 Å². The molecule has 0 atom stereocenters. The molecule has 19 heavy (non-hydrogen) atoms. The van der Waals surface area contributed by atoms with Gasteiger partial charge in [0.15, 0.2) is 0 Å². The Labute approximate surface area is 113 Å². The molecule has 0 unspecified atom stereocenters. The molecular weight excluding hydrogens is 238 g/mol. The van der Waals surface area contributed by atoms with Gasteiger partial charge in [-0.25, -0.2) is 10.8 Å². The first-order chi connectivity index (χ1) is 9.10. The van der Waals surface area contributed by atoms with Crippen LogP contribution in [0.2, 0.25) is 0 Å². The number of hydrogen-bond acceptors (Lipinski definition) is 4. The highest BCUT2D eigenvalue weighted by molar-refractivity contribution is 5.43. The van der Waals surface area contributed by atoms with Gasteiger partial charge < -0.3 is 10.2 Å². The van der Waals surface area contributed by atoms with E-state index in [9.17, 15) is 0 Å². The van der Waals surface area contributed by atoms with Crippen molar-refractivity contribution in [3.05, 3.63) is 52.7 Å². The highest BCUT2D eigenvalue weighted by Crippen LogP contribution is 2.25. The first kappa shape index (κ1) is 13.4. The maximum atomic E-state index is 5.88. The molecule has 3 N–H and O–H groups in total. The van der Waals surface area contributed by atoms with E-state index >= 15 is 0 Å². The van der Waals surface area contributed by atoms with E-state index in [2.05, 4.69) is 43.3 Å². The van der Waals surface area contributed by atoms with E-state index in [4.69, 9.17) is 10.6 Å². The Morgan fingerprint density at radius 3 is 2.47 bits per heavy atom. The maximum absolute atomic E-state index is 5.88. The van der Waals surface area contributed by atoms with Crippen molar-refractivity contribution in [2.75, 3.05) is 5.43 Å². The molecule has 0 aliphatic carbocycles. The lowest BCUT2D eigenvalue weighted by molar-refractivity contribution is 0.297. The van der Waals surface area contributed by atoms with Crippen LogP contribution < -0.4 is 16.0 Å². The molecule has 4 nitrogen and oxygen atoms in total. The first-order valence-corrected chi connectivity index (χ1v) is 6.23. The van der Waals surface area contributed by atoms with E-state index in [0.29, 0.717) is 12.4 Å². The number of aryl methyl sites for hydroxylation is 3. The number of hydrazine groups is 1. The summed E-state index contributed by atoms with van der Waals surface area (Å²) >= 11 is 0. The number of anilines is 1. The zero-order chi connectivity index (χ0) is 13.8. The third-order valence-electron chi connectivity index (χ3n) is 2.92. The van der Waals surface area contributed by atoms with Crippen LogP contribution in [0.5, 0.6) is 5.75 Å². The fraction of sp³-hybridized carbons (Fsp3) is 0.267. The lowest BCUT2D eigenvalue weighted by atomic mass is 10.1. The van der Waals surface area contributed by atoms with Crippen LogP contribution >= 0.6 is 0 Å². The lowest BCUT2D eigenvalue weighted by Crippen LogP contribution is -2.10. The standard InChI is InChI=1S/C15H19N3O/c1-10-7-11(2)15(12(3)8-10)19-9-13-5-4-6-14(17-13)18-16/h4-8H,9,16H2,1-3H3,(H,17,18). The summed E-state index contributed by atoms with van der Waals surface area (Å²) in [6.45, 7) is 6.63. The zero-order valence-electron chi connectivity index (χ0n) is 11.5. The number of hydrogen-bond donors (Lipinski definition) is 2. The summed E-state index contributed by atoms with van der Waals surface area (Å²) in [5.74, 6) is 6.90. The minimum absolute atomic E-state index is 0.431. The number of nitrogen functional groups attached to an aromatic ring is 1. The quantitative estimate of drug-likeness (QED) is 0.653. The van der Waals surface area contributed by atoms with Crippen LogP contribution in [0, 0.1) is 20.8 Å². The number of nitrogens with one attached hydrogen (secondary N) is 1. The molecule has 0 saturated carbocycles. The number of benzene rings is 1. The number of nitrogens with two attached hydrogens (primary N) is 1. The third kappa shape index (κ3) is 3.23. The predicted molar refractivity (Wildman–Crippen MR) is 77.0 cm³/mol. The van der Waals surface area contributed by atoms with Gasteiger partial charge in [-0.3, -0.25) is 0 Å². The molecule has 0 saturated heterocycles. The summed E-state index contributed by atoms with van der Waals surface area (Å²) in [5, 5.41) is 0. The van der Waals surface area contributed by atoms with Gasteiger partial charge >= 0.3 is 0 Å². The first-order valence-electron chi connectivity index (χ1n) is 6.23. The van der Waals surface area contributed by atoms with Crippen LogP contribution in [0.3, 0.4) is 0 Å². The predicted octanol–water partition coefficient (Wildman–Crippen LogP) is 2.87. The van der Waals surface area contributed by atoms with Crippen molar-refractivity contribution in [3.8, 4) is 5.75 Å². The number of aromatic nitrogens is 1. The molecule has 0 radical (unpaired) electrons. The van der Waals surface area contributed by atoms with Gasteiger partial charge in [-0.2, -0.15) is 0 Å². The van der Waals surface area contributed by atoms with Gasteiger partial charge in [-0.15, -0.1) is 0 Å². The van der Waals surface area contributed by atoms with E-state index in [1.54, 1.807) is 0 Å².